The highest BCUT2D eigenvalue weighted by molar-refractivity contribution is 6.30. The van der Waals surface area contributed by atoms with E-state index in [1.807, 2.05) is 37.3 Å². The maximum absolute atomic E-state index is 5.87. The van der Waals surface area contributed by atoms with Crippen LogP contribution >= 0.6 is 11.6 Å². The first-order valence-corrected chi connectivity index (χ1v) is 5.16. The van der Waals surface area contributed by atoms with Crippen molar-refractivity contribution in [1.82, 2.24) is 0 Å². The van der Waals surface area contributed by atoms with Crippen LogP contribution in [0.15, 0.2) is 41.0 Å². The lowest BCUT2D eigenvalue weighted by molar-refractivity contribution is 0.515. The number of rotatable bonds is 3. The Labute approximate surface area is 93.9 Å². The molecule has 0 atom stereocenters. The van der Waals surface area contributed by atoms with Crippen LogP contribution in [0.4, 0.5) is 5.69 Å². The molecule has 1 aromatic carbocycles. The fraction of sp³-hybridized carbons (Fsp3) is 0.167. The third-order valence-electron chi connectivity index (χ3n) is 2.25. The van der Waals surface area contributed by atoms with Gasteiger partial charge in [-0.1, -0.05) is 17.7 Å². The number of anilines is 1. The largest absolute Gasteiger partial charge is 0.467 e. The molecule has 0 aliphatic carbocycles. The summed E-state index contributed by atoms with van der Waals surface area (Å²) in [6, 6.07) is 9.59. The molecule has 1 aromatic heterocycles. The zero-order valence-electron chi connectivity index (χ0n) is 8.46. The van der Waals surface area contributed by atoms with Crippen LogP contribution in [-0.2, 0) is 6.54 Å². The Balaban J connectivity index is 2.02. The van der Waals surface area contributed by atoms with Gasteiger partial charge in [-0.3, -0.25) is 0 Å². The highest BCUT2D eigenvalue weighted by Crippen LogP contribution is 2.17. The molecule has 0 spiro atoms. The van der Waals surface area contributed by atoms with Gasteiger partial charge >= 0.3 is 0 Å². The Kier molecular flexibility index (Phi) is 2.97. The van der Waals surface area contributed by atoms with Crippen LogP contribution in [0.1, 0.15) is 11.3 Å². The number of aryl methyl sites for hydroxylation is 1. The average molecular weight is 222 g/mol. The van der Waals surface area contributed by atoms with Gasteiger partial charge in [0, 0.05) is 10.7 Å². The number of benzene rings is 1. The van der Waals surface area contributed by atoms with Crippen molar-refractivity contribution < 1.29 is 4.42 Å². The predicted molar refractivity (Wildman–Crippen MR) is 62.2 cm³/mol. The number of hydrogen-bond acceptors (Lipinski definition) is 2. The normalized spacial score (nSPS) is 10.3. The van der Waals surface area contributed by atoms with E-state index in [0.717, 1.165) is 22.0 Å². The molecular formula is C12H12ClNO. The highest BCUT2D eigenvalue weighted by atomic mass is 35.5. The maximum Gasteiger partial charge on any atom is 0.125 e. The molecule has 2 nitrogen and oxygen atoms in total. The van der Waals surface area contributed by atoms with E-state index >= 15 is 0 Å². The third-order valence-corrected chi connectivity index (χ3v) is 2.48. The van der Waals surface area contributed by atoms with Crippen molar-refractivity contribution in [3.8, 4) is 0 Å². The lowest BCUT2D eigenvalue weighted by Crippen LogP contribution is -1.99. The van der Waals surface area contributed by atoms with E-state index in [0.29, 0.717) is 6.54 Å². The Hall–Kier alpha value is -1.41. The molecule has 3 heteroatoms. The van der Waals surface area contributed by atoms with Gasteiger partial charge in [-0.05, 0) is 36.8 Å². The molecule has 0 bridgehead atoms. The van der Waals surface area contributed by atoms with Crippen molar-refractivity contribution in [1.29, 1.82) is 0 Å². The van der Waals surface area contributed by atoms with Crippen LogP contribution < -0.4 is 5.32 Å². The van der Waals surface area contributed by atoms with Gasteiger partial charge < -0.3 is 9.73 Å². The molecule has 0 radical (unpaired) electrons. The standard InChI is InChI=1S/C12H12ClNO/c1-9-5-6-15-12(9)8-14-11-4-2-3-10(13)7-11/h2-7,14H,8H2,1H3. The van der Waals surface area contributed by atoms with E-state index in [4.69, 9.17) is 16.0 Å². The highest BCUT2D eigenvalue weighted by Gasteiger charge is 2.01. The molecule has 78 valence electrons. The Morgan fingerprint density at radius 3 is 2.87 bits per heavy atom. The summed E-state index contributed by atoms with van der Waals surface area (Å²) in [7, 11) is 0. The van der Waals surface area contributed by atoms with Crippen molar-refractivity contribution in [2.45, 2.75) is 13.5 Å². The summed E-state index contributed by atoms with van der Waals surface area (Å²) < 4.78 is 5.32. The van der Waals surface area contributed by atoms with Gasteiger partial charge in [-0.15, -0.1) is 0 Å². The summed E-state index contributed by atoms with van der Waals surface area (Å²) in [5, 5.41) is 3.98. The lowest BCUT2D eigenvalue weighted by atomic mass is 10.2. The first-order chi connectivity index (χ1) is 7.25. The van der Waals surface area contributed by atoms with Crippen LogP contribution in [0, 0.1) is 6.92 Å². The molecule has 1 heterocycles. The quantitative estimate of drug-likeness (QED) is 0.852. The Bertz CT molecular complexity index is 450. The van der Waals surface area contributed by atoms with Crippen molar-refractivity contribution in [3.05, 3.63) is 52.9 Å². The fourth-order valence-corrected chi connectivity index (χ4v) is 1.56. The minimum atomic E-state index is 0.680. The van der Waals surface area contributed by atoms with Gasteiger partial charge in [0.05, 0.1) is 12.8 Å². The molecule has 0 fully saturated rings. The van der Waals surface area contributed by atoms with Crippen molar-refractivity contribution >= 4 is 17.3 Å². The summed E-state index contributed by atoms with van der Waals surface area (Å²) in [5.74, 6) is 0.954. The number of halogens is 1. The zero-order valence-corrected chi connectivity index (χ0v) is 9.21. The molecule has 1 N–H and O–H groups in total. The van der Waals surface area contributed by atoms with Gasteiger partial charge in [0.15, 0.2) is 0 Å². The molecule has 0 saturated heterocycles. The lowest BCUT2D eigenvalue weighted by Gasteiger charge is -2.05. The van der Waals surface area contributed by atoms with Crippen LogP contribution in [0.2, 0.25) is 5.02 Å². The van der Waals surface area contributed by atoms with Gasteiger partial charge in [0.2, 0.25) is 0 Å². The van der Waals surface area contributed by atoms with E-state index in [-0.39, 0.29) is 0 Å². The van der Waals surface area contributed by atoms with Crippen LogP contribution in [0.3, 0.4) is 0 Å². The molecular weight excluding hydrogens is 210 g/mol. The predicted octanol–water partition coefficient (Wildman–Crippen LogP) is 3.85. The SMILES string of the molecule is Cc1ccoc1CNc1cccc(Cl)c1. The minimum Gasteiger partial charge on any atom is -0.467 e. The number of furan rings is 1. The van der Waals surface area contributed by atoms with Gasteiger partial charge in [-0.2, -0.15) is 0 Å². The summed E-state index contributed by atoms with van der Waals surface area (Å²) in [6.45, 7) is 2.71. The third kappa shape index (κ3) is 2.54. The van der Waals surface area contributed by atoms with E-state index in [2.05, 4.69) is 5.32 Å². The van der Waals surface area contributed by atoms with E-state index in [1.54, 1.807) is 6.26 Å². The van der Waals surface area contributed by atoms with Crippen LogP contribution in [0.5, 0.6) is 0 Å². The topological polar surface area (TPSA) is 25.2 Å². The second-order valence-electron chi connectivity index (χ2n) is 3.39. The monoisotopic (exact) mass is 221 g/mol. The molecule has 2 rings (SSSR count). The van der Waals surface area contributed by atoms with E-state index in [9.17, 15) is 0 Å². The van der Waals surface area contributed by atoms with Crippen molar-refractivity contribution in [3.63, 3.8) is 0 Å². The summed E-state index contributed by atoms with van der Waals surface area (Å²) in [4.78, 5) is 0. The van der Waals surface area contributed by atoms with Crippen molar-refractivity contribution in [2.75, 3.05) is 5.32 Å². The summed E-state index contributed by atoms with van der Waals surface area (Å²) in [5.41, 5.74) is 2.16. The van der Waals surface area contributed by atoms with E-state index < -0.39 is 0 Å². The minimum absolute atomic E-state index is 0.680. The van der Waals surface area contributed by atoms with Gasteiger partial charge in [0.25, 0.3) is 0 Å². The van der Waals surface area contributed by atoms with Gasteiger partial charge in [0.1, 0.15) is 5.76 Å². The fourth-order valence-electron chi connectivity index (χ4n) is 1.37. The number of nitrogens with one attached hydrogen (secondary N) is 1. The Morgan fingerprint density at radius 2 is 2.20 bits per heavy atom. The van der Waals surface area contributed by atoms with Crippen LogP contribution in [0.25, 0.3) is 0 Å². The molecule has 0 saturated carbocycles. The smallest absolute Gasteiger partial charge is 0.125 e. The molecule has 0 unspecified atom stereocenters. The van der Waals surface area contributed by atoms with Crippen molar-refractivity contribution in [2.24, 2.45) is 0 Å². The van der Waals surface area contributed by atoms with Gasteiger partial charge in [-0.25, -0.2) is 0 Å². The van der Waals surface area contributed by atoms with Crippen LogP contribution in [-0.4, -0.2) is 0 Å². The first kappa shape index (κ1) is 10.1. The first-order valence-electron chi connectivity index (χ1n) is 4.78. The molecule has 0 aliphatic heterocycles. The second kappa shape index (κ2) is 4.41. The summed E-state index contributed by atoms with van der Waals surface area (Å²) in [6.07, 6.45) is 1.70. The molecule has 2 aromatic rings. The zero-order chi connectivity index (χ0) is 10.7. The summed E-state index contributed by atoms with van der Waals surface area (Å²) >= 11 is 5.87. The molecule has 0 aliphatic rings. The second-order valence-corrected chi connectivity index (χ2v) is 3.83. The van der Waals surface area contributed by atoms with E-state index in [1.165, 1.54) is 0 Å². The Morgan fingerprint density at radius 1 is 1.33 bits per heavy atom. The molecule has 15 heavy (non-hydrogen) atoms. The maximum atomic E-state index is 5.87. The average Bonchev–Trinajstić information content (AvgIpc) is 2.61. The molecule has 0 amide bonds. The number of hydrogen-bond donors (Lipinski definition) is 1.